The van der Waals surface area contributed by atoms with Gasteiger partial charge in [-0.15, -0.1) is 0 Å². The second-order valence-electron chi connectivity index (χ2n) is 8.99. The fraction of sp³-hybridized carbons (Fsp3) is 0.194. The Balaban J connectivity index is 0.000000257. The van der Waals surface area contributed by atoms with Crippen molar-refractivity contribution in [1.29, 1.82) is 0 Å². The molecule has 4 aromatic carbocycles. The molecule has 0 aliphatic carbocycles. The number of hydrogen-bond acceptors (Lipinski definition) is 1. The van der Waals surface area contributed by atoms with E-state index in [-0.39, 0.29) is 0 Å². The van der Waals surface area contributed by atoms with E-state index in [4.69, 9.17) is 0 Å². The molecule has 1 unspecified atom stereocenters. The topological polar surface area (TPSA) is 3.01 Å². The first-order chi connectivity index (χ1) is 16.7. The molecule has 0 bridgehead atoms. The lowest BCUT2D eigenvalue weighted by atomic mass is 9.13. The largest absolute Gasteiger partial charge is 0.227 e. The van der Waals surface area contributed by atoms with Gasteiger partial charge in [0.1, 0.15) is 12.7 Å². The minimum Gasteiger partial charge on any atom is -0.227 e. The van der Waals surface area contributed by atoms with Crippen LogP contribution >= 0.6 is 11.8 Å². The van der Waals surface area contributed by atoms with Gasteiger partial charge < -0.3 is 0 Å². The minimum absolute atomic E-state index is 0.810. The number of benzene rings is 4. The lowest BCUT2D eigenvalue weighted by Gasteiger charge is -2.44. The summed E-state index contributed by atoms with van der Waals surface area (Å²) in [7, 11) is 0. The summed E-state index contributed by atoms with van der Waals surface area (Å²) in [5, 5.41) is 2.30. The molecule has 3 heteroatoms. The van der Waals surface area contributed by atoms with Gasteiger partial charge in [-0.1, -0.05) is 133 Å². The minimum atomic E-state index is -1.22. The molecular weight excluding hydrogens is 429 g/mol. The summed E-state index contributed by atoms with van der Waals surface area (Å²) in [6.45, 7) is 9.11. The van der Waals surface area contributed by atoms with E-state index in [0.29, 0.717) is 0 Å². The first kappa shape index (κ1) is 24.1. The summed E-state index contributed by atoms with van der Waals surface area (Å²) in [5.74, 6) is 0. The Hall–Kier alpha value is -3.04. The van der Waals surface area contributed by atoms with E-state index < -0.39 is 6.15 Å². The van der Waals surface area contributed by atoms with E-state index in [9.17, 15) is 0 Å². The molecule has 1 nitrogen and oxygen atoms in total. The molecule has 0 N–H and O–H groups in total. The molecular formula is C31H34BNS. The monoisotopic (exact) mass is 463 g/mol. The average Bonchev–Trinajstić information content (AvgIpc) is 3.24. The van der Waals surface area contributed by atoms with Gasteiger partial charge in [-0.2, -0.15) is 21.9 Å². The summed E-state index contributed by atoms with van der Waals surface area (Å²) in [6.07, 6.45) is -1.22. The molecule has 0 spiro atoms. The smallest absolute Gasteiger partial charge is 0.207 e. The SMILES string of the molecule is CC[N+]1=C(C)SC(C)C1.c1ccc([B-](c2ccccc2)(c2ccccc2)c2ccccc2)cc1. The predicted molar refractivity (Wildman–Crippen MR) is 153 cm³/mol. The third-order valence-electron chi connectivity index (χ3n) is 6.87. The summed E-state index contributed by atoms with van der Waals surface area (Å²) < 4.78 is 2.43. The Morgan fingerprint density at radius 2 is 0.971 bits per heavy atom. The Morgan fingerprint density at radius 3 is 1.18 bits per heavy atom. The van der Waals surface area contributed by atoms with Gasteiger partial charge in [-0.05, 0) is 13.8 Å². The molecule has 1 aliphatic heterocycles. The van der Waals surface area contributed by atoms with Gasteiger partial charge in [-0.25, -0.2) is 4.58 Å². The molecule has 1 atom stereocenters. The molecule has 172 valence electrons. The Morgan fingerprint density at radius 1 is 0.647 bits per heavy atom. The second-order valence-corrected chi connectivity index (χ2v) is 10.6. The zero-order chi connectivity index (χ0) is 23.8. The third kappa shape index (κ3) is 5.05. The molecule has 5 rings (SSSR count). The van der Waals surface area contributed by atoms with Crippen molar-refractivity contribution in [2.75, 3.05) is 13.1 Å². The van der Waals surface area contributed by atoms with Crippen LogP contribution in [0, 0.1) is 0 Å². The first-order valence-electron chi connectivity index (χ1n) is 12.3. The normalized spacial score (nSPS) is 15.6. The number of rotatable bonds is 5. The number of thioether (sulfide) groups is 1. The Bertz CT molecular complexity index is 1030. The van der Waals surface area contributed by atoms with Crippen LogP contribution < -0.4 is 21.9 Å². The van der Waals surface area contributed by atoms with E-state index in [1.165, 1.54) is 40.0 Å². The van der Waals surface area contributed by atoms with Crippen LogP contribution in [0.5, 0.6) is 0 Å². The highest BCUT2D eigenvalue weighted by molar-refractivity contribution is 8.14. The fourth-order valence-corrected chi connectivity index (χ4v) is 6.50. The van der Waals surface area contributed by atoms with Gasteiger partial charge in [0.05, 0.1) is 5.25 Å². The van der Waals surface area contributed by atoms with Crippen molar-refractivity contribution in [3.8, 4) is 0 Å². The Labute approximate surface area is 209 Å². The van der Waals surface area contributed by atoms with Gasteiger partial charge in [0.15, 0.2) is 6.54 Å². The highest BCUT2D eigenvalue weighted by Gasteiger charge is 2.31. The molecule has 34 heavy (non-hydrogen) atoms. The van der Waals surface area contributed by atoms with Crippen molar-refractivity contribution in [3.63, 3.8) is 0 Å². The second kappa shape index (κ2) is 11.4. The van der Waals surface area contributed by atoms with Crippen LogP contribution in [-0.2, 0) is 0 Å². The Kier molecular flexibility index (Phi) is 8.08. The maximum atomic E-state index is 2.43. The maximum absolute atomic E-state index is 2.43. The highest BCUT2D eigenvalue weighted by atomic mass is 32.2. The summed E-state index contributed by atoms with van der Waals surface area (Å²) >= 11 is 2.00. The fourth-order valence-electron chi connectivity index (χ4n) is 5.32. The number of nitrogens with zero attached hydrogens (tertiary/aromatic N) is 1. The van der Waals surface area contributed by atoms with Crippen molar-refractivity contribution in [3.05, 3.63) is 121 Å². The lowest BCUT2D eigenvalue weighted by molar-refractivity contribution is -0.517. The van der Waals surface area contributed by atoms with E-state index >= 15 is 0 Å². The van der Waals surface area contributed by atoms with E-state index in [0.717, 1.165) is 5.25 Å². The molecule has 4 aromatic rings. The van der Waals surface area contributed by atoms with Gasteiger partial charge >= 0.3 is 0 Å². The zero-order valence-electron chi connectivity index (χ0n) is 20.5. The van der Waals surface area contributed by atoms with E-state index in [2.05, 4.69) is 147 Å². The van der Waals surface area contributed by atoms with Crippen LogP contribution in [0.4, 0.5) is 0 Å². The molecule has 0 radical (unpaired) electrons. The molecule has 0 saturated heterocycles. The van der Waals surface area contributed by atoms with E-state index in [1.807, 2.05) is 11.8 Å². The molecule has 0 fully saturated rings. The van der Waals surface area contributed by atoms with Crippen molar-refractivity contribution in [1.82, 2.24) is 0 Å². The molecule has 0 aromatic heterocycles. The van der Waals surface area contributed by atoms with Gasteiger partial charge in [0.25, 0.3) is 0 Å². The molecule has 0 amide bonds. The van der Waals surface area contributed by atoms with Crippen LogP contribution in [0.1, 0.15) is 20.8 Å². The van der Waals surface area contributed by atoms with Gasteiger partial charge in [0.2, 0.25) is 5.04 Å². The zero-order valence-corrected chi connectivity index (χ0v) is 21.3. The lowest BCUT2D eigenvalue weighted by Crippen LogP contribution is -2.74. The van der Waals surface area contributed by atoms with Crippen molar-refractivity contribution >= 4 is 44.8 Å². The van der Waals surface area contributed by atoms with Crippen molar-refractivity contribution in [2.45, 2.75) is 26.0 Å². The van der Waals surface area contributed by atoms with Gasteiger partial charge in [0, 0.05) is 6.92 Å². The quantitative estimate of drug-likeness (QED) is 0.308. The molecule has 1 heterocycles. The summed E-state index contributed by atoms with van der Waals surface area (Å²) in [5.41, 5.74) is 5.36. The first-order valence-corrected chi connectivity index (χ1v) is 13.2. The van der Waals surface area contributed by atoms with Crippen LogP contribution in [0.15, 0.2) is 121 Å². The van der Waals surface area contributed by atoms with Gasteiger partial charge in [-0.3, -0.25) is 0 Å². The van der Waals surface area contributed by atoms with Crippen LogP contribution in [-0.4, -0.2) is 34.1 Å². The maximum Gasteiger partial charge on any atom is 0.207 e. The van der Waals surface area contributed by atoms with Crippen molar-refractivity contribution in [2.24, 2.45) is 0 Å². The molecule has 0 saturated carbocycles. The number of hydrogen-bond donors (Lipinski definition) is 0. The average molecular weight is 463 g/mol. The molecule has 1 aliphatic rings. The summed E-state index contributed by atoms with van der Waals surface area (Å²) in [6, 6.07) is 43.5. The summed E-state index contributed by atoms with van der Waals surface area (Å²) in [4.78, 5) is 0. The predicted octanol–water partition coefficient (Wildman–Crippen LogP) is 4.64. The van der Waals surface area contributed by atoms with Crippen molar-refractivity contribution < 1.29 is 4.58 Å². The van der Waals surface area contributed by atoms with Crippen LogP contribution in [0.25, 0.3) is 0 Å². The third-order valence-corrected chi connectivity index (χ3v) is 8.03. The standard InChI is InChI=1S/C24H20B.C7H14NS/c1-5-13-21(14-6-1)25(22-15-7-2-8-16-22,23-17-9-3-10-18-23)24-19-11-4-12-20-24;1-4-8-5-6(2)9-7(8)3/h1-20H;6H,4-5H2,1-3H3/q-1;+1. The van der Waals surface area contributed by atoms with E-state index in [1.54, 1.807) is 0 Å². The van der Waals surface area contributed by atoms with Crippen LogP contribution in [0.2, 0.25) is 0 Å². The highest BCUT2D eigenvalue weighted by Crippen LogP contribution is 2.19. The van der Waals surface area contributed by atoms with Crippen LogP contribution in [0.3, 0.4) is 0 Å².